The number of hydrogen-bond acceptors (Lipinski definition) is 3. The van der Waals surface area contributed by atoms with Crippen LogP contribution in [0, 0.1) is 5.92 Å². The summed E-state index contributed by atoms with van der Waals surface area (Å²) >= 11 is 3.66. The summed E-state index contributed by atoms with van der Waals surface area (Å²) in [6, 6.07) is 6.70. The largest absolute Gasteiger partial charge is 0.230 e. The van der Waals surface area contributed by atoms with Crippen LogP contribution in [0.1, 0.15) is 33.3 Å². The number of hydrogen-bond donors (Lipinski definition) is 0. The molecule has 1 aromatic heterocycles. The molecule has 92 valence electrons. The van der Waals surface area contributed by atoms with Crippen molar-refractivity contribution in [2.24, 2.45) is 5.92 Å². The van der Waals surface area contributed by atoms with Gasteiger partial charge in [0.1, 0.15) is 0 Å². The lowest BCUT2D eigenvalue weighted by Gasteiger charge is -2.03. The third kappa shape index (κ3) is 3.46. The quantitative estimate of drug-likeness (QED) is 0.722. The molecular formula is C14H19NS2. The Balaban J connectivity index is 2.27. The standard InChI is InChI=1S/C14H19NS2/c1-9(2)7-11-5-6-13-12(8-11)15-14(17-13)16-10(3)4/h5-6,8-10H,7H2,1-4H3. The van der Waals surface area contributed by atoms with Crippen molar-refractivity contribution in [3.05, 3.63) is 23.8 Å². The minimum absolute atomic E-state index is 0.602. The summed E-state index contributed by atoms with van der Waals surface area (Å²) in [6.45, 7) is 8.93. The van der Waals surface area contributed by atoms with Crippen molar-refractivity contribution in [3.63, 3.8) is 0 Å². The summed E-state index contributed by atoms with van der Waals surface area (Å²) in [5.74, 6) is 0.704. The highest BCUT2D eigenvalue weighted by atomic mass is 32.2. The van der Waals surface area contributed by atoms with Crippen LogP contribution in [-0.4, -0.2) is 10.2 Å². The Morgan fingerprint density at radius 3 is 2.65 bits per heavy atom. The van der Waals surface area contributed by atoms with Crippen LogP contribution in [0.5, 0.6) is 0 Å². The van der Waals surface area contributed by atoms with Gasteiger partial charge >= 0.3 is 0 Å². The summed E-state index contributed by atoms with van der Waals surface area (Å²) in [5.41, 5.74) is 2.56. The van der Waals surface area contributed by atoms with Gasteiger partial charge in [-0.25, -0.2) is 4.98 Å². The van der Waals surface area contributed by atoms with Crippen molar-refractivity contribution in [1.82, 2.24) is 4.98 Å². The Kier molecular flexibility index (Phi) is 4.10. The highest BCUT2D eigenvalue weighted by molar-refractivity contribution is 8.01. The Labute approximate surface area is 112 Å². The molecule has 0 aliphatic carbocycles. The second kappa shape index (κ2) is 5.40. The maximum atomic E-state index is 4.70. The van der Waals surface area contributed by atoms with Gasteiger partial charge in [0.25, 0.3) is 0 Å². The van der Waals surface area contributed by atoms with Crippen LogP contribution in [0.15, 0.2) is 22.5 Å². The molecule has 2 rings (SSSR count). The SMILES string of the molecule is CC(C)Cc1ccc2sc(SC(C)C)nc2c1. The molecule has 2 aromatic rings. The molecule has 0 saturated carbocycles. The van der Waals surface area contributed by atoms with Gasteiger partial charge in [-0.1, -0.05) is 45.5 Å². The monoisotopic (exact) mass is 265 g/mol. The first kappa shape index (κ1) is 12.9. The zero-order valence-corrected chi connectivity index (χ0v) is 12.5. The van der Waals surface area contributed by atoms with Crippen molar-refractivity contribution in [1.29, 1.82) is 0 Å². The van der Waals surface area contributed by atoms with Crippen LogP contribution in [0.4, 0.5) is 0 Å². The van der Waals surface area contributed by atoms with E-state index in [9.17, 15) is 0 Å². The number of benzene rings is 1. The average Bonchev–Trinajstić information content (AvgIpc) is 2.56. The van der Waals surface area contributed by atoms with Gasteiger partial charge in [-0.15, -0.1) is 11.3 Å². The number of aromatic nitrogens is 1. The summed E-state index contributed by atoms with van der Waals surface area (Å²) in [7, 11) is 0. The van der Waals surface area contributed by atoms with E-state index in [4.69, 9.17) is 4.98 Å². The smallest absolute Gasteiger partial charge is 0.151 e. The Hall–Kier alpha value is -0.540. The molecule has 3 heteroatoms. The average molecular weight is 265 g/mol. The molecule has 0 aliphatic heterocycles. The van der Waals surface area contributed by atoms with E-state index in [-0.39, 0.29) is 0 Å². The Morgan fingerprint density at radius 2 is 2.00 bits per heavy atom. The zero-order valence-electron chi connectivity index (χ0n) is 10.9. The van der Waals surface area contributed by atoms with E-state index in [0.717, 1.165) is 11.9 Å². The van der Waals surface area contributed by atoms with E-state index in [1.165, 1.54) is 14.6 Å². The second-order valence-electron chi connectivity index (χ2n) is 5.05. The number of rotatable bonds is 4. The molecule has 0 spiro atoms. The number of thiazole rings is 1. The third-order valence-electron chi connectivity index (χ3n) is 2.41. The van der Waals surface area contributed by atoms with Crippen molar-refractivity contribution < 1.29 is 0 Å². The molecule has 0 N–H and O–H groups in total. The molecule has 0 unspecified atom stereocenters. The van der Waals surface area contributed by atoms with Gasteiger partial charge in [0.2, 0.25) is 0 Å². The van der Waals surface area contributed by atoms with Gasteiger partial charge in [-0.05, 0) is 30.0 Å². The van der Waals surface area contributed by atoms with Crippen molar-refractivity contribution >= 4 is 33.3 Å². The fraction of sp³-hybridized carbons (Fsp3) is 0.500. The molecule has 1 heterocycles. The third-order valence-corrected chi connectivity index (χ3v) is 4.55. The Morgan fingerprint density at radius 1 is 1.24 bits per heavy atom. The maximum absolute atomic E-state index is 4.70. The highest BCUT2D eigenvalue weighted by Gasteiger charge is 2.07. The number of nitrogens with zero attached hydrogens (tertiary/aromatic N) is 1. The van der Waals surface area contributed by atoms with E-state index in [1.54, 1.807) is 11.3 Å². The van der Waals surface area contributed by atoms with Gasteiger partial charge in [0.15, 0.2) is 4.34 Å². The van der Waals surface area contributed by atoms with Gasteiger partial charge in [0, 0.05) is 5.25 Å². The minimum Gasteiger partial charge on any atom is -0.230 e. The minimum atomic E-state index is 0.602. The predicted octanol–water partition coefficient (Wildman–Crippen LogP) is 5.00. The van der Waals surface area contributed by atoms with Crippen molar-refractivity contribution in [2.75, 3.05) is 0 Å². The molecule has 0 atom stereocenters. The van der Waals surface area contributed by atoms with Crippen LogP contribution in [-0.2, 0) is 6.42 Å². The van der Waals surface area contributed by atoms with E-state index < -0.39 is 0 Å². The number of thioether (sulfide) groups is 1. The highest BCUT2D eigenvalue weighted by Crippen LogP contribution is 2.32. The molecule has 0 aliphatic rings. The first-order chi connectivity index (χ1) is 8.04. The molecule has 1 aromatic carbocycles. The normalized spacial score (nSPS) is 11.9. The molecule has 0 amide bonds. The van der Waals surface area contributed by atoms with Gasteiger partial charge in [0.05, 0.1) is 10.2 Å². The summed E-state index contributed by atoms with van der Waals surface area (Å²) in [6.07, 6.45) is 1.14. The number of fused-ring (bicyclic) bond motifs is 1. The van der Waals surface area contributed by atoms with E-state index >= 15 is 0 Å². The lowest BCUT2D eigenvalue weighted by Crippen LogP contribution is -1.93. The summed E-state index contributed by atoms with van der Waals surface area (Å²) in [4.78, 5) is 4.70. The maximum Gasteiger partial charge on any atom is 0.151 e. The summed E-state index contributed by atoms with van der Waals surface area (Å²) < 4.78 is 2.50. The fourth-order valence-electron chi connectivity index (χ4n) is 1.80. The fourth-order valence-corrected chi connectivity index (χ4v) is 4.07. The van der Waals surface area contributed by atoms with Crippen LogP contribution in [0.3, 0.4) is 0 Å². The summed E-state index contributed by atoms with van der Waals surface area (Å²) in [5, 5.41) is 0.602. The van der Waals surface area contributed by atoms with Crippen molar-refractivity contribution in [3.8, 4) is 0 Å². The first-order valence-corrected chi connectivity index (χ1v) is 7.80. The Bertz CT molecular complexity index is 492. The molecule has 0 fully saturated rings. The van der Waals surface area contributed by atoms with Crippen LogP contribution < -0.4 is 0 Å². The lowest BCUT2D eigenvalue weighted by molar-refractivity contribution is 0.648. The molecule has 0 radical (unpaired) electrons. The van der Waals surface area contributed by atoms with Gasteiger partial charge in [-0.3, -0.25) is 0 Å². The van der Waals surface area contributed by atoms with Crippen LogP contribution >= 0.6 is 23.1 Å². The van der Waals surface area contributed by atoms with Crippen LogP contribution in [0.2, 0.25) is 0 Å². The van der Waals surface area contributed by atoms with E-state index in [0.29, 0.717) is 11.2 Å². The zero-order chi connectivity index (χ0) is 12.4. The molecule has 0 bridgehead atoms. The van der Waals surface area contributed by atoms with Crippen LogP contribution in [0.25, 0.3) is 10.2 Å². The lowest BCUT2D eigenvalue weighted by atomic mass is 10.0. The predicted molar refractivity (Wildman–Crippen MR) is 79.2 cm³/mol. The second-order valence-corrected chi connectivity index (χ2v) is 7.90. The van der Waals surface area contributed by atoms with Gasteiger partial charge < -0.3 is 0 Å². The molecular weight excluding hydrogens is 246 g/mol. The van der Waals surface area contributed by atoms with Crippen molar-refractivity contribution in [2.45, 2.75) is 43.7 Å². The molecule has 0 saturated heterocycles. The molecule has 17 heavy (non-hydrogen) atoms. The van der Waals surface area contributed by atoms with E-state index in [1.807, 2.05) is 11.8 Å². The molecule has 1 nitrogen and oxygen atoms in total. The van der Waals surface area contributed by atoms with Gasteiger partial charge in [-0.2, -0.15) is 0 Å². The topological polar surface area (TPSA) is 12.9 Å². The van der Waals surface area contributed by atoms with E-state index in [2.05, 4.69) is 45.9 Å². The first-order valence-electron chi connectivity index (χ1n) is 6.10.